The molecule has 1 heterocycles. The summed E-state index contributed by atoms with van der Waals surface area (Å²) in [5.41, 5.74) is 1.16. The molecule has 2 aliphatic rings. The number of likely N-dealkylation sites (tertiary alicyclic amines) is 1. The number of aliphatic hydroxyl groups is 1. The number of carbonyl (C=O) groups is 1. The molecule has 1 aromatic rings. The molecule has 132 valence electrons. The smallest absolute Gasteiger partial charge is 0.321 e. The predicted octanol–water partition coefficient (Wildman–Crippen LogP) is 3.41. The maximum Gasteiger partial charge on any atom is 0.321 e. The molecule has 2 N–H and O–H groups in total. The number of benzene rings is 1. The highest BCUT2D eigenvalue weighted by molar-refractivity contribution is 5.91. The van der Waals surface area contributed by atoms with Crippen LogP contribution in [0.1, 0.15) is 38.2 Å². The highest BCUT2D eigenvalue weighted by atomic mass is 16.5. The van der Waals surface area contributed by atoms with E-state index in [-0.39, 0.29) is 11.9 Å². The molecule has 1 aromatic carbocycles. The number of anilines is 1. The minimum Gasteiger partial charge on any atom is -0.495 e. The van der Waals surface area contributed by atoms with Crippen molar-refractivity contribution in [1.29, 1.82) is 0 Å². The van der Waals surface area contributed by atoms with Crippen LogP contribution < -0.4 is 10.1 Å². The fourth-order valence-electron chi connectivity index (χ4n) is 4.35. The van der Waals surface area contributed by atoms with E-state index in [4.69, 9.17) is 4.74 Å². The van der Waals surface area contributed by atoms with Gasteiger partial charge in [0.05, 0.1) is 18.4 Å². The minimum atomic E-state index is -0.612. The maximum atomic E-state index is 12.7. The standard InChI is InChI=1S/C19H28N2O3/c1-4-19(23)9-5-6-14-11-21(12-15(14)19)18(22)20-16-10-13(2)7-8-17(16)24-3/h7-8,10,14-15,23H,4-6,9,11-12H2,1-3H3,(H,20,22)/t14-,15+,19-/m1/s1. The summed E-state index contributed by atoms with van der Waals surface area (Å²) in [5.74, 6) is 1.27. The van der Waals surface area contributed by atoms with E-state index in [1.807, 2.05) is 36.9 Å². The molecule has 3 rings (SSSR count). The van der Waals surface area contributed by atoms with Crippen molar-refractivity contribution in [2.24, 2.45) is 11.8 Å². The van der Waals surface area contributed by atoms with Gasteiger partial charge in [0.1, 0.15) is 5.75 Å². The van der Waals surface area contributed by atoms with Gasteiger partial charge in [0, 0.05) is 19.0 Å². The first-order valence-electron chi connectivity index (χ1n) is 8.90. The third kappa shape index (κ3) is 3.09. The van der Waals surface area contributed by atoms with E-state index in [0.717, 1.165) is 37.8 Å². The molecule has 5 nitrogen and oxygen atoms in total. The van der Waals surface area contributed by atoms with Gasteiger partial charge in [-0.05, 0) is 49.8 Å². The van der Waals surface area contributed by atoms with E-state index in [2.05, 4.69) is 5.32 Å². The molecule has 1 saturated carbocycles. The van der Waals surface area contributed by atoms with E-state index >= 15 is 0 Å². The van der Waals surface area contributed by atoms with Crippen molar-refractivity contribution in [3.05, 3.63) is 23.8 Å². The van der Waals surface area contributed by atoms with Gasteiger partial charge in [0.25, 0.3) is 0 Å². The number of amides is 2. The second-order valence-corrected chi connectivity index (χ2v) is 7.25. The van der Waals surface area contributed by atoms with Crippen LogP contribution in [-0.4, -0.2) is 41.8 Å². The monoisotopic (exact) mass is 332 g/mol. The zero-order valence-corrected chi connectivity index (χ0v) is 14.8. The lowest BCUT2D eigenvalue weighted by Gasteiger charge is -2.40. The summed E-state index contributed by atoms with van der Waals surface area (Å²) in [6, 6.07) is 5.64. The molecule has 0 unspecified atom stereocenters. The van der Waals surface area contributed by atoms with Crippen molar-refractivity contribution in [3.8, 4) is 5.75 Å². The third-order valence-electron chi connectivity index (χ3n) is 5.81. The SMILES string of the molecule is CC[C@@]1(O)CCC[C@@H]2CN(C(=O)Nc3cc(C)ccc3OC)C[C@@H]21. The molecular weight excluding hydrogens is 304 g/mol. The first kappa shape index (κ1) is 17.1. The number of ether oxygens (including phenoxy) is 1. The van der Waals surface area contributed by atoms with Crippen molar-refractivity contribution in [1.82, 2.24) is 4.90 Å². The number of nitrogens with zero attached hydrogens (tertiary/aromatic N) is 1. The first-order chi connectivity index (χ1) is 11.5. The Kier molecular flexibility index (Phi) is 4.72. The van der Waals surface area contributed by atoms with Crippen molar-refractivity contribution >= 4 is 11.7 Å². The Hall–Kier alpha value is -1.75. The summed E-state index contributed by atoms with van der Waals surface area (Å²) in [5, 5.41) is 13.9. The quantitative estimate of drug-likeness (QED) is 0.892. The zero-order chi connectivity index (χ0) is 17.3. The van der Waals surface area contributed by atoms with Gasteiger partial charge in [0.15, 0.2) is 0 Å². The lowest BCUT2D eigenvalue weighted by Crippen LogP contribution is -2.44. The number of fused-ring (bicyclic) bond motifs is 1. The van der Waals surface area contributed by atoms with E-state index in [1.165, 1.54) is 0 Å². The topological polar surface area (TPSA) is 61.8 Å². The average Bonchev–Trinajstić information content (AvgIpc) is 3.01. The molecule has 0 spiro atoms. The Labute approximate surface area is 144 Å². The van der Waals surface area contributed by atoms with Crippen molar-refractivity contribution < 1.29 is 14.6 Å². The highest BCUT2D eigenvalue weighted by Gasteiger charge is 2.48. The second kappa shape index (κ2) is 6.63. The van der Waals surface area contributed by atoms with Gasteiger partial charge in [-0.2, -0.15) is 0 Å². The van der Waals surface area contributed by atoms with Gasteiger partial charge >= 0.3 is 6.03 Å². The Morgan fingerprint density at radius 2 is 2.25 bits per heavy atom. The van der Waals surface area contributed by atoms with Gasteiger partial charge < -0.3 is 20.1 Å². The lowest BCUT2D eigenvalue weighted by atomic mass is 9.69. The summed E-state index contributed by atoms with van der Waals surface area (Å²) >= 11 is 0. The van der Waals surface area contributed by atoms with E-state index in [0.29, 0.717) is 23.9 Å². The maximum absolute atomic E-state index is 12.7. The Balaban J connectivity index is 1.72. The number of urea groups is 1. The highest BCUT2D eigenvalue weighted by Crippen LogP contribution is 2.44. The summed E-state index contributed by atoms with van der Waals surface area (Å²) < 4.78 is 5.34. The molecule has 24 heavy (non-hydrogen) atoms. The second-order valence-electron chi connectivity index (χ2n) is 7.25. The number of hydrogen-bond acceptors (Lipinski definition) is 3. The molecule has 2 fully saturated rings. The van der Waals surface area contributed by atoms with Crippen LogP contribution in [0.15, 0.2) is 18.2 Å². The fraction of sp³-hybridized carbons (Fsp3) is 0.632. The van der Waals surface area contributed by atoms with Gasteiger partial charge in [-0.1, -0.05) is 19.4 Å². The van der Waals surface area contributed by atoms with Crippen LogP contribution in [0, 0.1) is 18.8 Å². The van der Waals surface area contributed by atoms with Gasteiger partial charge in [-0.3, -0.25) is 0 Å². The normalized spacial score (nSPS) is 29.2. The average molecular weight is 332 g/mol. The third-order valence-corrected chi connectivity index (χ3v) is 5.81. The predicted molar refractivity (Wildman–Crippen MR) is 94.4 cm³/mol. The van der Waals surface area contributed by atoms with Gasteiger partial charge in [-0.15, -0.1) is 0 Å². The van der Waals surface area contributed by atoms with Crippen LogP contribution in [0.3, 0.4) is 0 Å². The zero-order valence-electron chi connectivity index (χ0n) is 14.8. The molecule has 3 atom stereocenters. The van der Waals surface area contributed by atoms with Crippen LogP contribution >= 0.6 is 0 Å². The number of nitrogens with one attached hydrogen (secondary N) is 1. The molecule has 0 aromatic heterocycles. The lowest BCUT2D eigenvalue weighted by molar-refractivity contribution is -0.0607. The van der Waals surface area contributed by atoms with Crippen LogP contribution in [0.4, 0.5) is 10.5 Å². The molecule has 0 bridgehead atoms. The van der Waals surface area contributed by atoms with E-state index in [1.54, 1.807) is 7.11 Å². The Bertz CT molecular complexity index is 619. The van der Waals surface area contributed by atoms with E-state index < -0.39 is 5.60 Å². The number of rotatable bonds is 3. The van der Waals surface area contributed by atoms with Crippen molar-refractivity contribution in [2.75, 3.05) is 25.5 Å². The van der Waals surface area contributed by atoms with Crippen LogP contribution in [-0.2, 0) is 0 Å². The number of hydrogen-bond donors (Lipinski definition) is 2. The van der Waals surface area contributed by atoms with Gasteiger partial charge in [-0.25, -0.2) is 4.79 Å². The summed E-state index contributed by atoms with van der Waals surface area (Å²) in [6.45, 7) is 5.39. The molecule has 0 radical (unpaired) electrons. The number of carbonyl (C=O) groups excluding carboxylic acids is 1. The van der Waals surface area contributed by atoms with E-state index in [9.17, 15) is 9.90 Å². The molecular formula is C19H28N2O3. The largest absolute Gasteiger partial charge is 0.495 e. The van der Waals surface area contributed by atoms with Crippen LogP contribution in [0.5, 0.6) is 5.75 Å². The Morgan fingerprint density at radius 3 is 2.96 bits per heavy atom. The van der Waals surface area contributed by atoms with Crippen molar-refractivity contribution in [3.63, 3.8) is 0 Å². The Morgan fingerprint density at radius 1 is 1.46 bits per heavy atom. The molecule has 1 aliphatic heterocycles. The first-order valence-corrected chi connectivity index (χ1v) is 8.90. The molecule has 5 heteroatoms. The molecule has 1 saturated heterocycles. The van der Waals surface area contributed by atoms with Crippen LogP contribution in [0.2, 0.25) is 0 Å². The molecule has 2 amide bonds. The van der Waals surface area contributed by atoms with Gasteiger partial charge in [0.2, 0.25) is 0 Å². The van der Waals surface area contributed by atoms with Crippen LogP contribution in [0.25, 0.3) is 0 Å². The number of aryl methyl sites for hydroxylation is 1. The summed E-state index contributed by atoms with van der Waals surface area (Å²) in [4.78, 5) is 14.6. The summed E-state index contributed by atoms with van der Waals surface area (Å²) in [7, 11) is 1.60. The number of methoxy groups -OCH3 is 1. The van der Waals surface area contributed by atoms with Crippen molar-refractivity contribution in [2.45, 2.75) is 45.1 Å². The molecule has 1 aliphatic carbocycles. The summed E-state index contributed by atoms with van der Waals surface area (Å²) in [6.07, 6.45) is 3.76. The fourth-order valence-corrected chi connectivity index (χ4v) is 4.35. The minimum absolute atomic E-state index is 0.105.